The van der Waals surface area contributed by atoms with E-state index in [2.05, 4.69) is 95.1 Å². The molecule has 1 unspecified atom stereocenters. The van der Waals surface area contributed by atoms with Crippen LogP contribution in [0.1, 0.15) is 127 Å². The van der Waals surface area contributed by atoms with Crippen molar-refractivity contribution in [2.45, 2.75) is 167 Å². The van der Waals surface area contributed by atoms with Gasteiger partial charge in [-0.1, -0.05) is 27.7 Å². The minimum atomic E-state index is -0.0177. The monoisotopic (exact) mass is 1510 g/mol. The second-order valence-corrected chi connectivity index (χ2v) is 31.0. The lowest BCUT2D eigenvalue weighted by Gasteiger charge is -2.37. The lowest BCUT2D eigenvalue weighted by atomic mass is 10.0. The van der Waals surface area contributed by atoms with E-state index >= 15 is 0 Å². The minimum absolute atomic E-state index is 0. The summed E-state index contributed by atoms with van der Waals surface area (Å²) in [7, 11) is 2.15. The van der Waals surface area contributed by atoms with Crippen LogP contribution < -0.4 is 52.8 Å². The number of thiazole rings is 1. The molecular weight excluding hydrogens is 1400 g/mol. The van der Waals surface area contributed by atoms with Crippen LogP contribution in [0.3, 0.4) is 0 Å². The minimum Gasteiger partial charge on any atom is -0.402 e. The number of likely N-dealkylation sites (N-methyl/N-ethyl adjacent to an activating group) is 1. The van der Waals surface area contributed by atoms with Crippen molar-refractivity contribution in [3.8, 4) is 0 Å². The molecule has 0 saturated carbocycles. The molecule has 2 atom stereocenters. The van der Waals surface area contributed by atoms with Crippen LogP contribution in [0.15, 0.2) is 150 Å². The fourth-order valence-electron chi connectivity index (χ4n) is 12.9. The Morgan fingerprint density at radius 2 is 1.04 bits per heavy atom. The molecule has 0 aliphatic carbocycles. The first-order valence-corrected chi connectivity index (χ1v) is 39.7. The standard InChI is InChI=1S/C26H33N7OS2.C25H32N8OS.C24H34N8OS.8H2/c1-3-24(34)28-19-6-8-21(9-7-19)36-26-30-22(29-25-27-17-18(2)35-25)16-23(31-26)33-14-10-20(11-15-33)32-12-4-5-13-32;1-3-24(34)26-18-6-8-20(9-7-18)35-25-28-21(27-22-14-17(2)30-31-22)15-23(29-25)33-13-10-19(16-33)32-11-4-5-12-32;1-5-23(33)27-17-7-9-19(10-8-17)34-24-29-21(28-20(26)13-16(3)25)14-22(30-24)32-12-11-18(15-32)31(4)6-2;;;;;;;;/h6-9,16-17,20H,3-5,10-15H2,1-2H3,(H,28,34)(H,27,29,30,31);6-9,14-15,19H,3-5,10-13,16H2,1-2H3,(H,26,34)(H2,27,28,29,30,31);7-10,13-14,18H,5-6,11-12,15,25H2,1-4H3,(H,27,33)(H2,26,28,29,30);8*1H/t;;18-;;;;;;;;/m..0......../s1. The zero-order valence-electron chi connectivity index (χ0n) is 61.4. The van der Waals surface area contributed by atoms with Crippen LogP contribution in [-0.2, 0) is 14.4 Å². The number of nitrogens with zero attached hydrogens (tertiary/aromatic N) is 15. The van der Waals surface area contributed by atoms with Crippen molar-refractivity contribution >= 4 is 133 Å². The Kier molecular flexibility index (Phi) is 27.8. The molecule has 10 heterocycles. The van der Waals surface area contributed by atoms with Crippen molar-refractivity contribution in [2.75, 3.05) is 120 Å². The Morgan fingerprint density at radius 1 is 0.581 bits per heavy atom. The van der Waals surface area contributed by atoms with E-state index in [4.69, 9.17) is 36.4 Å². The van der Waals surface area contributed by atoms with Crippen molar-refractivity contribution in [3.05, 3.63) is 126 Å². The summed E-state index contributed by atoms with van der Waals surface area (Å²) in [6.07, 6.45) is 14.7. The summed E-state index contributed by atoms with van der Waals surface area (Å²) < 4.78 is 0. The first-order valence-electron chi connectivity index (χ1n) is 36.5. The third-order valence-corrected chi connectivity index (χ3v) is 22.2. The molecule has 3 aromatic carbocycles. The van der Waals surface area contributed by atoms with Gasteiger partial charge in [-0.2, -0.15) is 5.10 Å². The number of likely N-dealkylation sites (tertiary alicyclic amines) is 2. The molecule has 0 radical (unpaired) electrons. The predicted molar refractivity (Wildman–Crippen MR) is 444 cm³/mol. The normalized spacial score (nSPS) is 17.3. The topological polar surface area (TPSA) is 314 Å². The molecule has 105 heavy (non-hydrogen) atoms. The van der Waals surface area contributed by atoms with Gasteiger partial charge in [0.05, 0.1) is 0 Å². The Bertz CT molecular complexity index is 4270. The van der Waals surface area contributed by atoms with E-state index in [-0.39, 0.29) is 29.1 Å². The zero-order chi connectivity index (χ0) is 73.8. The molecule has 572 valence electrons. The number of amidine groups is 1. The molecule has 3 amide bonds. The molecule has 8 aromatic rings. The maximum absolute atomic E-state index is 11.7. The number of aryl methyl sites for hydroxylation is 2. The fourth-order valence-corrected chi connectivity index (χ4v) is 15.9. The summed E-state index contributed by atoms with van der Waals surface area (Å²) in [5.74, 6) is 5.70. The summed E-state index contributed by atoms with van der Waals surface area (Å²) in [5.41, 5.74) is 15.7. The lowest BCUT2D eigenvalue weighted by Crippen LogP contribution is -2.44. The number of piperidine rings is 1. The number of allylic oxidation sites excluding steroid dienone is 1. The summed E-state index contributed by atoms with van der Waals surface area (Å²) in [6.45, 7) is 25.2. The molecular formula is C75H115N23O3S4. The number of nitrogens with two attached hydrogens (primary N) is 2. The molecule has 5 saturated heterocycles. The smallest absolute Gasteiger partial charge is 0.224 e. The van der Waals surface area contributed by atoms with Gasteiger partial charge in [0.1, 0.15) is 34.9 Å². The van der Waals surface area contributed by atoms with Crippen LogP contribution in [0.2, 0.25) is 0 Å². The van der Waals surface area contributed by atoms with Crippen molar-refractivity contribution in [1.29, 1.82) is 0 Å². The largest absolute Gasteiger partial charge is 0.402 e. The number of aliphatic imine (C=N–C) groups is 1. The van der Waals surface area contributed by atoms with Crippen LogP contribution in [0.25, 0.3) is 0 Å². The van der Waals surface area contributed by atoms with E-state index in [9.17, 15) is 14.4 Å². The molecule has 5 aliphatic heterocycles. The first-order chi connectivity index (χ1) is 50.9. The number of hydrogen-bond acceptors (Lipinski definition) is 25. The number of carbonyl (C=O) groups excluding carboxylic acids is 3. The first kappa shape index (κ1) is 77.2. The van der Waals surface area contributed by atoms with E-state index in [0.717, 1.165) is 135 Å². The zero-order valence-corrected chi connectivity index (χ0v) is 64.7. The maximum atomic E-state index is 11.7. The fraction of sp³-hybridized carbons (Fsp3) is 0.440. The maximum Gasteiger partial charge on any atom is 0.224 e. The highest BCUT2D eigenvalue weighted by Crippen LogP contribution is 2.36. The molecule has 5 fully saturated rings. The molecule has 30 heteroatoms. The van der Waals surface area contributed by atoms with Crippen molar-refractivity contribution in [3.63, 3.8) is 0 Å². The van der Waals surface area contributed by atoms with Crippen molar-refractivity contribution < 1.29 is 25.8 Å². The average molecular weight is 1520 g/mol. The Labute approximate surface area is 645 Å². The van der Waals surface area contributed by atoms with Crippen LogP contribution in [0, 0.1) is 13.8 Å². The number of carbonyl (C=O) groups is 3. The van der Waals surface area contributed by atoms with Gasteiger partial charge in [-0.15, -0.1) is 11.3 Å². The highest BCUT2D eigenvalue weighted by molar-refractivity contribution is 7.99. The van der Waals surface area contributed by atoms with E-state index < -0.39 is 0 Å². The third-order valence-electron chi connectivity index (χ3n) is 18.7. The Morgan fingerprint density at radius 3 is 1.51 bits per heavy atom. The summed E-state index contributed by atoms with van der Waals surface area (Å²) in [6, 6.07) is 32.9. The van der Waals surface area contributed by atoms with Crippen molar-refractivity contribution in [2.24, 2.45) is 16.5 Å². The summed E-state index contributed by atoms with van der Waals surface area (Å²) in [5, 5.41) is 25.4. The third kappa shape index (κ3) is 23.0. The summed E-state index contributed by atoms with van der Waals surface area (Å²) >= 11 is 6.08. The highest BCUT2D eigenvalue weighted by Gasteiger charge is 2.32. The number of H-pyrrole nitrogens is 1. The number of aromatic nitrogens is 9. The van der Waals surface area contributed by atoms with Crippen molar-refractivity contribution in [1.82, 2.24) is 59.8 Å². The second kappa shape index (κ2) is 37.9. The van der Waals surface area contributed by atoms with Crippen LogP contribution >= 0.6 is 46.6 Å². The van der Waals surface area contributed by atoms with Gasteiger partial charge in [-0.25, -0.2) is 39.9 Å². The number of amides is 3. The molecule has 26 nitrogen and oxygen atoms in total. The lowest BCUT2D eigenvalue weighted by molar-refractivity contribution is -0.116. The van der Waals surface area contributed by atoms with Gasteiger partial charge in [0.2, 0.25) is 17.7 Å². The van der Waals surface area contributed by atoms with E-state index in [1.807, 2.05) is 138 Å². The highest BCUT2D eigenvalue weighted by atomic mass is 32.2. The van der Waals surface area contributed by atoms with Gasteiger partial charge in [0.25, 0.3) is 0 Å². The van der Waals surface area contributed by atoms with E-state index in [1.165, 1.54) is 106 Å². The molecule has 5 aromatic heterocycles. The van der Waals surface area contributed by atoms with Crippen LogP contribution in [0.4, 0.5) is 62.9 Å². The van der Waals surface area contributed by atoms with Gasteiger partial charge >= 0.3 is 0 Å². The summed E-state index contributed by atoms with van der Waals surface area (Å²) in [4.78, 5) is 91.5. The molecule has 0 spiro atoms. The van der Waals surface area contributed by atoms with E-state index in [1.54, 1.807) is 24.3 Å². The SMILES string of the molecule is CCC(=O)Nc1ccc(Sc2nc(N=C(N)C=C(C)N)cc(N3CC[C@H](N(C)CC)C3)n2)cc1.CCC(=O)Nc1ccc(Sc2nc(Nc3cc(C)[nH]n3)cc(N3CCC(N4CCCC4)C3)n2)cc1.CCC(=O)Nc1ccc(Sc2nc(Nc3ncc(C)s3)cc(N3CCC(N4CCCC4)CC3)n2)cc1.[HH].[HH].[HH].[HH].[HH].[HH].[HH].[HH]. The number of anilines is 10. The average Bonchev–Trinajstić information content (AvgIpc) is 1.54. The molecule has 0 bridgehead atoms. The molecule has 13 rings (SSSR count). The van der Waals surface area contributed by atoms with E-state index in [0.29, 0.717) is 70.2 Å². The second-order valence-electron chi connectivity index (χ2n) is 26.7. The quantitative estimate of drug-likeness (QED) is 0.0150. The van der Waals surface area contributed by atoms with Gasteiger partial charge < -0.3 is 62.6 Å². The molecule has 5 aliphatic rings. The van der Waals surface area contributed by atoms with Gasteiger partial charge in [-0.3, -0.25) is 24.4 Å². The van der Waals surface area contributed by atoms with Gasteiger partial charge in [0.15, 0.2) is 32.2 Å². The predicted octanol–water partition coefficient (Wildman–Crippen LogP) is 15.3. The van der Waals surface area contributed by atoms with Crippen LogP contribution in [-0.4, -0.2) is 181 Å². The number of rotatable bonds is 25. The number of hydrogen-bond donors (Lipinski definition) is 8. The van der Waals surface area contributed by atoms with Gasteiger partial charge in [-0.05, 0) is 226 Å². The Balaban J connectivity index is 0.000000424. The number of aromatic amines is 1. The van der Waals surface area contributed by atoms with Crippen LogP contribution in [0.5, 0.6) is 0 Å². The number of benzene rings is 3. The van der Waals surface area contributed by atoms with Gasteiger partial charge in [0, 0.05) is 167 Å². The molecule has 10 N–H and O–H groups in total. The number of nitrogens with one attached hydrogen (secondary N) is 6. The Hall–Kier alpha value is -8.91.